The summed E-state index contributed by atoms with van der Waals surface area (Å²) in [6.07, 6.45) is 1.43. The first-order valence-corrected chi connectivity index (χ1v) is 15.2. The molecule has 1 saturated heterocycles. The molecule has 0 aromatic heterocycles. The van der Waals surface area contributed by atoms with E-state index in [1.807, 2.05) is 65.0 Å². The molecule has 1 aliphatic heterocycles. The molecule has 3 fully saturated rings. The van der Waals surface area contributed by atoms with E-state index < -0.39 is 47.2 Å². The van der Waals surface area contributed by atoms with Crippen LogP contribution in [0.15, 0.2) is 36.9 Å². The van der Waals surface area contributed by atoms with Crippen LogP contribution >= 0.6 is 0 Å². The summed E-state index contributed by atoms with van der Waals surface area (Å²) in [5.74, 6) is -2.83. The number of carbonyl (C=O) groups excluding carboxylic acids is 5. The highest BCUT2D eigenvalue weighted by Gasteiger charge is 2.70. The van der Waals surface area contributed by atoms with Crippen LogP contribution in [-0.4, -0.2) is 65.1 Å². The number of piperidine rings is 1. The molecule has 1 aromatic rings. The molecule has 4 rings (SSSR count). The van der Waals surface area contributed by atoms with Crippen LogP contribution < -0.4 is 21.7 Å². The predicted molar refractivity (Wildman–Crippen MR) is 164 cm³/mol. The van der Waals surface area contributed by atoms with Crippen LogP contribution in [0.25, 0.3) is 5.57 Å². The number of rotatable bonds is 11. The second-order valence-corrected chi connectivity index (χ2v) is 14.5. The molecule has 5 N–H and O–H groups in total. The number of hydrogen-bond donors (Lipinski definition) is 4. The lowest BCUT2D eigenvalue weighted by molar-refractivity contribution is -0.145. The van der Waals surface area contributed by atoms with E-state index in [4.69, 9.17) is 5.73 Å². The maximum absolute atomic E-state index is 14.2. The molecule has 1 unspecified atom stereocenters. The molecule has 234 valence electrons. The van der Waals surface area contributed by atoms with Crippen molar-refractivity contribution in [1.29, 1.82) is 0 Å². The van der Waals surface area contributed by atoms with Gasteiger partial charge in [-0.05, 0) is 58.5 Å². The monoisotopic (exact) mass is 593 g/mol. The number of ketones is 1. The number of hydrogen-bond acceptors (Lipinski definition) is 5. The molecule has 1 aromatic carbocycles. The number of nitrogens with one attached hydrogen (secondary N) is 3. The van der Waals surface area contributed by atoms with Crippen molar-refractivity contribution in [2.45, 2.75) is 85.5 Å². The van der Waals surface area contributed by atoms with Gasteiger partial charge in [0.25, 0.3) is 5.91 Å². The molecule has 3 aliphatic rings. The lowest BCUT2D eigenvalue weighted by atomic mass is 9.85. The standard InChI is InChI=1S/C33H47N5O5/c1-17(2)23(18(3)19-12-10-9-11-13-19)36-31(43)37-27(32(4,5)6)30(42)38-16-21-22(33(21,7)8)25(38)29(41)35-24(20-14-15-20)26(39)28(34)40/h9-13,17,20-25,27H,3,14-16H2,1-2,4-8H3,(H2,34,40)(H,35,41)(H2,36,37,43)/t21-,22-,23-,24?,25-,27+/m0/s1. The highest BCUT2D eigenvalue weighted by atomic mass is 16.2. The Morgan fingerprint density at radius 1 is 1.00 bits per heavy atom. The van der Waals surface area contributed by atoms with Crippen LogP contribution in [0, 0.1) is 34.5 Å². The number of primary amides is 1. The zero-order valence-electron chi connectivity index (χ0n) is 26.4. The maximum Gasteiger partial charge on any atom is 0.315 e. The van der Waals surface area contributed by atoms with E-state index >= 15 is 0 Å². The molecule has 43 heavy (non-hydrogen) atoms. The third kappa shape index (κ3) is 6.63. The largest absolute Gasteiger partial charge is 0.363 e. The summed E-state index contributed by atoms with van der Waals surface area (Å²) in [4.78, 5) is 67.1. The number of nitrogens with zero attached hydrogens (tertiary/aromatic N) is 1. The quantitative estimate of drug-likeness (QED) is 0.291. The Morgan fingerprint density at radius 2 is 1.60 bits per heavy atom. The minimum absolute atomic E-state index is 0.0331. The Morgan fingerprint density at radius 3 is 2.12 bits per heavy atom. The van der Waals surface area contributed by atoms with Crippen molar-refractivity contribution in [3.05, 3.63) is 42.5 Å². The van der Waals surface area contributed by atoms with Crippen molar-refractivity contribution in [1.82, 2.24) is 20.9 Å². The van der Waals surface area contributed by atoms with Gasteiger partial charge in [0.2, 0.25) is 17.6 Å². The fourth-order valence-corrected chi connectivity index (χ4v) is 6.65. The molecular formula is C33H47N5O5. The van der Waals surface area contributed by atoms with Crippen LogP contribution in [-0.2, 0) is 19.2 Å². The number of likely N-dealkylation sites (tertiary alicyclic amines) is 1. The average molecular weight is 594 g/mol. The second-order valence-electron chi connectivity index (χ2n) is 14.5. The first-order valence-electron chi connectivity index (χ1n) is 15.2. The number of carbonyl (C=O) groups is 5. The molecule has 2 aliphatic carbocycles. The van der Waals surface area contributed by atoms with Gasteiger partial charge in [0, 0.05) is 6.54 Å². The van der Waals surface area contributed by atoms with Gasteiger partial charge in [-0.3, -0.25) is 19.2 Å². The number of urea groups is 1. The number of amides is 5. The van der Waals surface area contributed by atoms with Crippen LogP contribution in [0.3, 0.4) is 0 Å². The van der Waals surface area contributed by atoms with E-state index in [1.165, 1.54) is 0 Å². The fourth-order valence-electron chi connectivity index (χ4n) is 6.65. The first-order chi connectivity index (χ1) is 20.0. The van der Waals surface area contributed by atoms with E-state index in [0.29, 0.717) is 19.4 Å². The zero-order chi connectivity index (χ0) is 32.0. The van der Waals surface area contributed by atoms with Gasteiger partial charge < -0.3 is 26.6 Å². The molecule has 0 bridgehead atoms. The molecule has 0 radical (unpaired) electrons. The van der Waals surface area contributed by atoms with Crippen molar-refractivity contribution >= 4 is 35.1 Å². The van der Waals surface area contributed by atoms with Crippen LogP contribution in [0.4, 0.5) is 4.79 Å². The van der Waals surface area contributed by atoms with Crippen molar-refractivity contribution in [3.63, 3.8) is 0 Å². The van der Waals surface area contributed by atoms with E-state index in [1.54, 1.807) is 4.90 Å². The minimum atomic E-state index is -1.08. The van der Waals surface area contributed by atoms with Crippen molar-refractivity contribution in [3.8, 4) is 0 Å². The topological polar surface area (TPSA) is 151 Å². The molecular weight excluding hydrogens is 546 g/mol. The summed E-state index contributed by atoms with van der Waals surface area (Å²) in [6.45, 7) is 18.3. The SMILES string of the molecule is C=C(c1ccccc1)[C@@H](NC(=O)N[C@H](C(=O)N1C[C@H]2[C@@H]([C@H]1C(=O)NC(C(=O)C(N)=O)C1CC1)C2(C)C)C(C)(C)C)C(C)C. The normalized spacial score (nSPS) is 24.3. The summed E-state index contributed by atoms with van der Waals surface area (Å²) in [5, 5.41) is 8.70. The highest BCUT2D eigenvalue weighted by Crippen LogP contribution is 2.65. The van der Waals surface area contributed by atoms with Crippen molar-refractivity contribution in [2.24, 2.45) is 40.2 Å². The predicted octanol–water partition coefficient (Wildman–Crippen LogP) is 2.87. The summed E-state index contributed by atoms with van der Waals surface area (Å²) >= 11 is 0. The maximum atomic E-state index is 14.2. The Bertz CT molecular complexity index is 1300. The zero-order valence-corrected chi connectivity index (χ0v) is 26.4. The number of benzene rings is 1. The number of nitrogens with two attached hydrogens (primary N) is 1. The van der Waals surface area contributed by atoms with Gasteiger partial charge >= 0.3 is 6.03 Å². The third-order valence-electron chi connectivity index (χ3n) is 9.54. The highest BCUT2D eigenvalue weighted by molar-refractivity contribution is 6.38. The Balaban J connectivity index is 1.53. The van der Waals surface area contributed by atoms with Crippen LogP contribution in [0.1, 0.15) is 66.9 Å². The third-order valence-corrected chi connectivity index (χ3v) is 9.54. The first kappa shape index (κ1) is 32.2. The summed E-state index contributed by atoms with van der Waals surface area (Å²) < 4.78 is 0. The summed E-state index contributed by atoms with van der Waals surface area (Å²) in [5.41, 5.74) is 6.10. The second kappa shape index (κ2) is 11.8. The van der Waals surface area contributed by atoms with Crippen LogP contribution in [0.5, 0.6) is 0 Å². The van der Waals surface area contributed by atoms with Gasteiger partial charge in [-0.15, -0.1) is 0 Å². The molecule has 10 nitrogen and oxygen atoms in total. The van der Waals surface area contributed by atoms with Crippen molar-refractivity contribution < 1.29 is 24.0 Å². The van der Waals surface area contributed by atoms with Crippen LogP contribution in [0.2, 0.25) is 0 Å². The summed E-state index contributed by atoms with van der Waals surface area (Å²) in [7, 11) is 0. The molecule has 10 heteroatoms. The lowest BCUT2D eigenvalue weighted by Gasteiger charge is -2.38. The molecule has 1 heterocycles. The van der Waals surface area contributed by atoms with E-state index in [0.717, 1.165) is 11.1 Å². The van der Waals surface area contributed by atoms with Crippen molar-refractivity contribution in [2.75, 3.05) is 6.54 Å². The van der Waals surface area contributed by atoms with Gasteiger partial charge in [-0.2, -0.15) is 0 Å². The average Bonchev–Trinajstić information content (AvgIpc) is 3.80. The van der Waals surface area contributed by atoms with Gasteiger partial charge in [-0.1, -0.05) is 85.4 Å². The Kier molecular flexibility index (Phi) is 8.82. The molecule has 2 saturated carbocycles. The lowest BCUT2D eigenvalue weighted by Crippen LogP contribution is -2.62. The molecule has 6 atom stereocenters. The van der Waals surface area contributed by atoms with Gasteiger partial charge in [0.1, 0.15) is 18.1 Å². The number of Topliss-reactive ketones (excluding diaryl/α,β-unsaturated/α-hetero) is 1. The van der Waals surface area contributed by atoms with Gasteiger partial charge in [-0.25, -0.2) is 4.79 Å². The van der Waals surface area contributed by atoms with E-state index in [2.05, 4.69) is 36.4 Å². The van der Waals surface area contributed by atoms with E-state index in [-0.39, 0.29) is 41.0 Å². The smallest absolute Gasteiger partial charge is 0.315 e. The fraction of sp³-hybridized carbons (Fsp3) is 0.606. The number of fused-ring (bicyclic) bond motifs is 1. The minimum Gasteiger partial charge on any atom is -0.363 e. The Hall–Kier alpha value is -3.69. The van der Waals surface area contributed by atoms with Gasteiger partial charge in [0.15, 0.2) is 0 Å². The van der Waals surface area contributed by atoms with E-state index in [9.17, 15) is 24.0 Å². The molecule has 5 amide bonds. The Labute approximate surface area is 254 Å². The summed E-state index contributed by atoms with van der Waals surface area (Å²) in [6, 6.07) is 5.99. The van der Waals surface area contributed by atoms with Gasteiger partial charge in [0.05, 0.1) is 6.04 Å². The molecule has 0 spiro atoms.